The fourth-order valence-corrected chi connectivity index (χ4v) is 13.4. The van der Waals surface area contributed by atoms with Crippen LogP contribution in [0.1, 0.15) is 44.5 Å². The fraction of sp³-hybridized carbons (Fsp3) is 0.0308. The van der Waals surface area contributed by atoms with Gasteiger partial charge in [-0.15, -0.1) is 0 Å². The van der Waals surface area contributed by atoms with Crippen LogP contribution in [0, 0.1) is 0 Å². The van der Waals surface area contributed by atoms with Crippen LogP contribution in [0.4, 0.5) is 0 Å². The van der Waals surface area contributed by atoms with Gasteiger partial charge in [0.1, 0.15) is 0 Å². The lowest BCUT2D eigenvalue weighted by atomic mass is 9.70. The summed E-state index contributed by atoms with van der Waals surface area (Å²) in [6.07, 6.45) is 0. The Hall–Kier alpha value is -8.79. The molecule has 3 nitrogen and oxygen atoms in total. The fourth-order valence-electron chi connectivity index (χ4n) is 13.4. The van der Waals surface area contributed by atoms with Crippen molar-refractivity contribution < 1.29 is 0 Å². The highest BCUT2D eigenvalue weighted by atomic mass is 15.0. The third-order valence-corrected chi connectivity index (χ3v) is 15.9. The highest BCUT2D eigenvalue weighted by Crippen LogP contribution is 2.66. The molecule has 0 saturated carbocycles. The predicted octanol–water partition coefficient (Wildman–Crippen LogP) is 15.2. The molecule has 1 aliphatic heterocycles. The molecule has 0 unspecified atom stereocenters. The van der Waals surface area contributed by atoms with Crippen LogP contribution in [0.25, 0.3) is 101 Å². The highest BCUT2D eigenvalue weighted by Gasteiger charge is 2.54. The van der Waals surface area contributed by atoms with Gasteiger partial charge < -0.3 is 0 Å². The molecule has 10 aromatic carbocycles. The van der Waals surface area contributed by atoms with E-state index in [1.807, 2.05) is 0 Å². The van der Waals surface area contributed by atoms with Crippen LogP contribution in [0.5, 0.6) is 0 Å². The molecule has 16 rings (SSSR count). The average Bonchev–Trinajstić information content (AvgIpc) is 4.09. The Morgan fingerprint density at radius 2 is 0.544 bits per heavy atom. The quantitative estimate of drug-likeness (QED) is 0.165. The summed E-state index contributed by atoms with van der Waals surface area (Å²) in [5.74, 6) is 1.96. The van der Waals surface area contributed by atoms with E-state index in [2.05, 4.69) is 224 Å². The summed E-state index contributed by atoms with van der Waals surface area (Å²) < 4.78 is 0. The smallest absolute Gasteiger partial charge is 0.164 e. The Labute approximate surface area is 393 Å². The van der Waals surface area contributed by atoms with E-state index in [4.69, 9.17) is 15.0 Å². The number of aromatic nitrogens is 3. The van der Waals surface area contributed by atoms with Crippen LogP contribution in [-0.2, 0) is 10.8 Å². The number of hydrogen-bond donors (Lipinski definition) is 0. The van der Waals surface area contributed by atoms with E-state index in [1.54, 1.807) is 0 Å². The lowest BCUT2D eigenvalue weighted by molar-refractivity contribution is 0.793. The van der Waals surface area contributed by atoms with Crippen LogP contribution in [0.3, 0.4) is 0 Å². The van der Waals surface area contributed by atoms with Crippen LogP contribution in [0.15, 0.2) is 224 Å². The second-order valence-corrected chi connectivity index (χ2v) is 18.9. The second kappa shape index (κ2) is 13.0. The van der Waals surface area contributed by atoms with E-state index < -0.39 is 10.8 Å². The molecule has 0 amide bonds. The third-order valence-electron chi connectivity index (χ3n) is 15.9. The van der Waals surface area contributed by atoms with Gasteiger partial charge in [-0.25, -0.2) is 15.0 Å². The van der Waals surface area contributed by atoms with Crippen molar-refractivity contribution in [2.24, 2.45) is 0 Å². The van der Waals surface area contributed by atoms with Crippen molar-refractivity contribution in [2.75, 3.05) is 0 Å². The van der Waals surface area contributed by atoms with E-state index in [0.717, 1.165) is 22.3 Å². The summed E-state index contributed by atoms with van der Waals surface area (Å²) in [5, 5.41) is 0. The van der Waals surface area contributed by atoms with Crippen molar-refractivity contribution in [3.63, 3.8) is 0 Å². The molecule has 0 fully saturated rings. The average molecular weight is 860 g/mol. The van der Waals surface area contributed by atoms with Gasteiger partial charge in [0, 0.05) is 16.7 Å². The third kappa shape index (κ3) is 4.33. The van der Waals surface area contributed by atoms with Gasteiger partial charge in [0.25, 0.3) is 0 Å². The van der Waals surface area contributed by atoms with Gasteiger partial charge in [-0.05, 0) is 123 Å². The van der Waals surface area contributed by atoms with Crippen molar-refractivity contribution in [2.45, 2.75) is 10.8 Å². The zero-order chi connectivity index (χ0) is 44.3. The van der Waals surface area contributed by atoms with E-state index in [-0.39, 0.29) is 0 Å². The van der Waals surface area contributed by atoms with Crippen molar-refractivity contribution in [3.8, 4) is 101 Å². The van der Waals surface area contributed by atoms with Crippen LogP contribution in [-0.4, -0.2) is 15.0 Å². The SMILES string of the molecule is c1cc2cc(c1)-c1ccccc1-c1ccc3c(c1)-c1c(cccc1C31c3ccccc3-c3ccccc31)-c1nc-2nc(-c2cccc3c2-c2ccccc2C32c3ccccc3-c3ccccc32)n1. The normalized spacial score (nSPS) is 14.4. The zero-order valence-corrected chi connectivity index (χ0v) is 36.7. The minimum absolute atomic E-state index is 0.491. The van der Waals surface area contributed by atoms with Crippen LogP contribution in [0.2, 0.25) is 0 Å². The topological polar surface area (TPSA) is 38.7 Å². The maximum absolute atomic E-state index is 5.69. The molecule has 11 aromatic rings. The lowest BCUT2D eigenvalue weighted by Gasteiger charge is -2.30. The number of hydrogen-bond acceptors (Lipinski definition) is 3. The molecule has 6 bridgehead atoms. The van der Waals surface area contributed by atoms with Crippen molar-refractivity contribution in [1.82, 2.24) is 15.0 Å². The Morgan fingerprint density at radius 1 is 0.206 bits per heavy atom. The van der Waals surface area contributed by atoms with Gasteiger partial charge in [0.15, 0.2) is 17.5 Å². The number of rotatable bonds is 1. The van der Waals surface area contributed by atoms with Gasteiger partial charge >= 0.3 is 0 Å². The Bertz CT molecular complexity index is 3970. The first-order chi connectivity index (χ1) is 33.7. The molecule has 1 aromatic heterocycles. The molecule has 312 valence electrons. The number of benzene rings is 10. The Morgan fingerprint density at radius 3 is 1.06 bits per heavy atom. The summed E-state index contributed by atoms with van der Waals surface area (Å²) in [6, 6.07) is 83.3. The molecular weight excluding hydrogens is 823 g/mol. The predicted molar refractivity (Wildman–Crippen MR) is 273 cm³/mol. The monoisotopic (exact) mass is 859 g/mol. The first-order valence-corrected chi connectivity index (χ1v) is 23.6. The molecule has 3 heteroatoms. The van der Waals surface area contributed by atoms with E-state index in [1.165, 1.54) is 106 Å². The molecule has 4 aliphatic carbocycles. The summed E-state index contributed by atoms with van der Waals surface area (Å²) in [5.41, 5.74) is 26.8. The highest BCUT2D eigenvalue weighted by molar-refractivity contribution is 6.03. The van der Waals surface area contributed by atoms with Crippen molar-refractivity contribution in [3.05, 3.63) is 269 Å². The van der Waals surface area contributed by atoms with Gasteiger partial charge in [-0.3, -0.25) is 0 Å². The van der Waals surface area contributed by atoms with Crippen LogP contribution < -0.4 is 0 Å². The maximum atomic E-state index is 5.69. The van der Waals surface area contributed by atoms with E-state index >= 15 is 0 Å². The van der Waals surface area contributed by atoms with Gasteiger partial charge in [-0.2, -0.15) is 0 Å². The summed E-state index contributed by atoms with van der Waals surface area (Å²) >= 11 is 0. The summed E-state index contributed by atoms with van der Waals surface area (Å²) in [4.78, 5) is 16.8. The molecule has 2 spiro atoms. The largest absolute Gasteiger partial charge is 0.208 e. The van der Waals surface area contributed by atoms with Crippen molar-refractivity contribution in [1.29, 1.82) is 0 Å². The van der Waals surface area contributed by atoms with Gasteiger partial charge in [-0.1, -0.05) is 212 Å². The van der Waals surface area contributed by atoms with Crippen LogP contribution >= 0.6 is 0 Å². The van der Waals surface area contributed by atoms with Gasteiger partial charge in [0.05, 0.1) is 10.8 Å². The Kier molecular flexibility index (Phi) is 6.95. The summed E-state index contributed by atoms with van der Waals surface area (Å²) in [7, 11) is 0. The lowest BCUT2D eigenvalue weighted by Crippen LogP contribution is -2.25. The van der Waals surface area contributed by atoms with Crippen molar-refractivity contribution >= 4 is 0 Å². The molecule has 0 radical (unpaired) electrons. The Balaban J connectivity index is 1.02. The van der Waals surface area contributed by atoms with Gasteiger partial charge in [0.2, 0.25) is 0 Å². The first-order valence-electron chi connectivity index (χ1n) is 23.6. The van der Waals surface area contributed by atoms with E-state index in [0.29, 0.717) is 17.5 Å². The standard InChI is InChI=1S/C65H37N3/c1-2-19-42-39-34-35-56-50(37-39)60-49(26-15-33-58(60)65(56)53-29-10-5-22-45(53)46-23-6-11-30-54(46)65)63-67-61(40-17-13-16-38(36-40)41(42)18-1)66-62(68-63)48-25-14-32-57-59(48)47-24-7-12-31-55(47)64(57)51-27-8-3-20-43(51)44-21-4-9-28-52(44)64/h1-37H. The molecule has 68 heavy (non-hydrogen) atoms. The molecule has 2 heterocycles. The molecular formula is C65H37N3. The molecule has 0 atom stereocenters. The first kappa shape index (κ1) is 36.4. The molecule has 0 saturated heterocycles. The minimum atomic E-state index is -0.530. The number of nitrogens with zero attached hydrogens (tertiary/aromatic N) is 3. The minimum Gasteiger partial charge on any atom is -0.208 e. The maximum Gasteiger partial charge on any atom is 0.164 e. The number of fused-ring (bicyclic) bond motifs is 27. The second-order valence-electron chi connectivity index (χ2n) is 18.9. The van der Waals surface area contributed by atoms with E-state index in [9.17, 15) is 0 Å². The molecule has 0 N–H and O–H groups in total. The molecule has 5 aliphatic rings. The summed E-state index contributed by atoms with van der Waals surface area (Å²) in [6.45, 7) is 0. The zero-order valence-electron chi connectivity index (χ0n) is 36.7.